The molecule has 2 heterocycles. The molecule has 0 aromatic carbocycles. The van der Waals surface area contributed by atoms with Crippen molar-refractivity contribution in [2.24, 2.45) is 0 Å². The molecule has 0 saturated carbocycles. The molecule has 0 nitrogen and oxygen atoms in total. The minimum Gasteiger partial charge on any atom is -0.144 e. The summed E-state index contributed by atoms with van der Waals surface area (Å²) in [5.41, 5.74) is 7.28. The lowest BCUT2D eigenvalue weighted by atomic mass is 10.2. The van der Waals surface area contributed by atoms with E-state index in [1.54, 1.807) is 20.9 Å². The number of thiophene rings is 2. The van der Waals surface area contributed by atoms with Crippen LogP contribution in [0.15, 0.2) is 20.1 Å². The van der Waals surface area contributed by atoms with Crippen molar-refractivity contribution in [1.82, 2.24) is 0 Å². The van der Waals surface area contributed by atoms with Crippen LogP contribution in [0.25, 0.3) is 12.2 Å². The summed E-state index contributed by atoms with van der Waals surface area (Å²) in [6.07, 6.45) is 4.87. The van der Waals surface area contributed by atoms with Gasteiger partial charge in [0.1, 0.15) is 0 Å². The zero-order valence-corrected chi connectivity index (χ0v) is 21.2. The molecule has 2 aliphatic carbocycles. The van der Waals surface area contributed by atoms with Gasteiger partial charge in [-0.05, 0) is 59.6 Å². The van der Waals surface area contributed by atoms with Gasteiger partial charge < -0.3 is 0 Å². The van der Waals surface area contributed by atoms with Crippen LogP contribution in [0.4, 0.5) is 0 Å². The SMILES string of the molecule is CC1=Cc2c(sc(C)c2Br)[C@@H]1[Si](C)(C)[C@H]1C(C)=Cc2c1sc(C)c2Br. The molecule has 132 valence electrons. The Balaban J connectivity index is 1.85. The molecule has 0 radical (unpaired) electrons. The van der Waals surface area contributed by atoms with E-state index in [9.17, 15) is 0 Å². The van der Waals surface area contributed by atoms with E-state index in [4.69, 9.17) is 0 Å². The van der Waals surface area contributed by atoms with Gasteiger partial charge >= 0.3 is 0 Å². The third-order valence-electron chi connectivity index (χ3n) is 5.82. The van der Waals surface area contributed by atoms with Crippen LogP contribution in [0.3, 0.4) is 0 Å². The van der Waals surface area contributed by atoms with Crippen molar-refractivity contribution in [3.8, 4) is 0 Å². The molecule has 0 amide bonds. The summed E-state index contributed by atoms with van der Waals surface area (Å²) in [5, 5.41) is 0. The predicted molar refractivity (Wildman–Crippen MR) is 124 cm³/mol. The smallest absolute Gasteiger partial charge is 0.0743 e. The zero-order chi connectivity index (χ0) is 18.3. The highest BCUT2D eigenvalue weighted by molar-refractivity contribution is 9.11. The Morgan fingerprint density at radius 3 is 1.48 bits per heavy atom. The summed E-state index contributed by atoms with van der Waals surface area (Å²) < 4.78 is 2.63. The predicted octanol–water partition coefficient (Wildman–Crippen LogP) is 8.44. The molecule has 0 saturated heterocycles. The molecule has 0 bridgehead atoms. The standard InChI is InChI=1S/C20H22Br2S2Si/c1-9-7-13-15(21)11(3)23-17(13)19(9)25(5,6)20-10(2)8-14-16(22)12(4)24-18(14)20/h7-8,19-20H,1-6H3/t19-,20+. The first-order valence-electron chi connectivity index (χ1n) is 8.58. The lowest BCUT2D eigenvalue weighted by molar-refractivity contribution is 0.994. The summed E-state index contributed by atoms with van der Waals surface area (Å²) in [4.78, 5) is 6.04. The molecular weight excluding hydrogens is 492 g/mol. The first kappa shape index (κ1) is 18.4. The molecule has 4 rings (SSSR count). The fraction of sp³-hybridized carbons (Fsp3) is 0.400. The monoisotopic (exact) mass is 512 g/mol. The highest BCUT2D eigenvalue weighted by Crippen LogP contribution is 2.57. The zero-order valence-electron chi connectivity index (χ0n) is 15.4. The van der Waals surface area contributed by atoms with E-state index >= 15 is 0 Å². The van der Waals surface area contributed by atoms with Crippen molar-refractivity contribution in [3.63, 3.8) is 0 Å². The topological polar surface area (TPSA) is 0 Å². The Kier molecular flexibility index (Phi) is 4.44. The molecule has 0 unspecified atom stereocenters. The Morgan fingerprint density at radius 2 is 1.12 bits per heavy atom. The van der Waals surface area contributed by atoms with Crippen LogP contribution in [0, 0.1) is 13.8 Å². The molecule has 2 atom stereocenters. The molecule has 2 aliphatic rings. The number of halogens is 2. The van der Waals surface area contributed by atoms with Gasteiger partial charge in [0, 0.05) is 50.7 Å². The van der Waals surface area contributed by atoms with Gasteiger partial charge in [-0.1, -0.05) is 36.4 Å². The van der Waals surface area contributed by atoms with Crippen LogP contribution in [0.2, 0.25) is 13.1 Å². The van der Waals surface area contributed by atoms with Crippen LogP contribution in [0.1, 0.15) is 55.6 Å². The van der Waals surface area contributed by atoms with Gasteiger partial charge in [-0.2, -0.15) is 0 Å². The third kappa shape index (κ3) is 2.53. The second-order valence-electron chi connectivity index (χ2n) is 7.96. The van der Waals surface area contributed by atoms with Gasteiger partial charge in [-0.3, -0.25) is 0 Å². The Morgan fingerprint density at radius 1 is 0.760 bits per heavy atom. The summed E-state index contributed by atoms with van der Waals surface area (Å²) in [5.74, 6) is 0. The van der Waals surface area contributed by atoms with Crippen LogP contribution in [-0.4, -0.2) is 8.07 Å². The fourth-order valence-corrected chi connectivity index (χ4v) is 15.2. The summed E-state index contributed by atoms with van der Waals surface area (Å²) in [6.45, 7) is 14.4. The van der Waals surface area contributed by atoms with Crippen molar-refractivity contribution in [2.75, 3.05) is 0 Å². The molecule has 0 fully saturated rings. The highest BCUT2D eigenvalue weighted by Gasteiger charge is 2.48. The average Bonchev–Trinajstić information content (AvgIpc) is 3.17. The maximum absolute atomic E-state index is 3.82. The average molecular weight is 514 g/mol. The molecule has 0 N–H and O–H groups in total. The van der Waals surface area contributed by atoms with E-state index < -0.39 is 8.07 Å². The van der Waals surface area contributed by atoms with Gasteiger partial charge in [0.05, 0.1) is 8.07 Å². The van der Waals surface area contributed by atoms with Gasteiger partial charge in [0.15, 0.2) is 0 Å². The number of rotatable bonds is 2. The molecular formula is C20H22Br2S2Si. The van der Waals surface area contributed by atoms with Crippen molar-refractivity contribution in [3.05, 3.63) is 50.7 Å². The maximum atomic E-state index is 3.82. The van der Waals surface area contributed by atoms with Gasteiger partial charge in [0.25, 0.3) is 0 Å². The van der Waals surface area contributed by atoms with Crippen molar-refractivity contribution < 1.29 is 0 Å². The number of allylic oxidation sites excluding steroid dienone is 2. The number of hydrogen-bond acceptors (Lipinski definition) is 2. The van der Waals surface area contributed by atoms with Gasteiger partial charge in [-0.25, -0.2) is 0 Å². The number of aryl methyl sites for hydroxylation is 2. The lowest BCUT2D eigenvalue weighted by Crippen LogP contribution is -2.41. The molecule has 0 spiro atoms. The maximum Gasteiger partial charge on any atom is 0.0743 e. The van der Waals surface area contributed by atoms with Gasteiger partial charge in [-0.15, -0.1) is 22.7 Å². The van der Waals surface area contributed by atoms with E-state index in [2.05, 4.69) is 84.8 Å². The lowest BCUT2D eigenvalue weighted by Gasteiger charge is -2.37. The van der Waals surface area contributed by atoms with Crippen molar-refractivity contribution in [2.45, 2.75) is 51.9 Å². The summed E-state index contributed by atoms with van der Waals surface area (Å²) in [7, 11) is -1.64. The Hall–Kier alpha value is 0.0569. The quantitative estimate of drug-likeness (QED) is 0.353. The minimum absolute atomic E-state index is 0.623. The van der Waals surface area contributed by atoms with Crippen molar-refractivity contribution >= 4 is 74.8 Å². The normalized spacial score (nSPS) is 22.1. The highest BCUT2D eigenvalue weighted by atomic mass is 79.9. The van der Waals surface area contributed by atoms with Crippen molar-refractivity contribution in [1.29, 1.82) is 0 Å². The van der Waals surface area contributed by atoms with Crippen LogP contribution in [-0.2, 0) is 0 Å². The first-order chi connectivity index (χ1) is 11.6. The molecule has 5 heteroatoms. The Labute approximate surface area is 176 Å². The van der Waals surface area contributed by atoms with E-state index in [-0.39, 0.29) is 0 Å². The largest absolute Gasteiger partial charge is 0.144 e. The molecule has 0 aliphatic heterocycles. The molecule has 25 heavy (non-hydrogen) atoms. The summed E-state index contributed by atoms with van der Waals surface area (Å²) in [6, 6.07) is 0. The molecule has 2 aromatic rings. The summed E-state index contributed by atoms with van der Waals surface area (Å²) >= 11 is 11.7. The Bertz CT molecular complexity index is 883. The van der Waals surface area contributed by atoms with Gasteiger partial charge in [0.2, 0.25) is 0 Å². The van der Waals surface area contributed by atoms with Crippen LogP contribution in [0.5, 0.6) is 0 Å². The van der Waals surface area contributed by atoms with Crippen LogP contribution >= 0.6 is 54.5 Å². The number of fused-ring (bicyclic) bond motifs is 2. The van der Waals surface area contributed by atoms with E-state index in [0.717, 1.165) is 0 Å². The van der Waals surface area contributed by atoms with E-state index in [1.165, 1.54) is 29.8 Å². The second-order valence-corrected chi connectivity index (χ2v) is 16.9. The van der Waals surface area contributed by atoms with E-state index in [0.29, 0.717) is 11.1 Å². The first-order valence-corrected chi connectivity index (χ1v) is 15.0. The second kappa shape index (κ2) is 6.03. The number of hydrogen-bond donors (Lipinski definition) is 0. The molecule has 2 aromatic heterocycles. The minimum atomic E-state index is -1.64. The van der Waals surface area contributed by atoms with Crippen LogP contribution < -0.4 is 0 Å². The van der Waals surface area contributed by atoms with E-state index in [1.807, 2.05) is 22.7 Å². The third-order valence-corrected chi connectivity index (χ3v) is 15.6. The fourth-order valence-electron chi connectivity index (χ4n) is 4.87.